The van der Waals surface area contributed by atoms with Crippen LogP contribution >= 0.6 is 0 Å². The molecule has 288 valence electrons. The summed E-state index contributed by atoms with van der Waals surface area (Å²) in [5.41, 5.74) is -4.37. The van der Waals surface area contributed by atoms with Gasteiger partial charge in [0.05, 0.1) is 24.4 Å². The fourth-order valence-corrected chi connectivity index (χ4v) is 8.52. The highest BCUT2D eigenvalue weighted by atomic mass is 19.1. The van der Waals surface area contributed by atoms with Gasteiger partial charge in [0.25, 0.3) is 5.67 Å². The number of hydrogen-bond donors (Lipinski definition) is 1. The summed E-state index contributed by atoms with van der Waals surface area (Å²) >= 11 is 0. The first kappa shape index (κ1) is 41.8. The van der Waals surface area contributed by atoms with Gasteiger partial charge in [-0.2, -0.15) is 0 Å². The number of hydrogen-bond acceptors (Lipinski definition) is 10. The second-order valence-electron chi connectivity index (χ2n) is 15.8. The molecule has 0 radical (unpaired) electrons. The standard InChI is InChI=1S/C41H58FNO9/c1-12-31-41(9)32(25(3)23-49-41)27(5)33(44)24(2)22-39(7,48-20-16-19-29-17-14-13-15-18-29)36(28(6)35(46)40(8,42)38(47)51-31)52-37-34(45)30(43(10)11)21-26(4)50-37/h13-15,17-18,24,26-28,30-32,34,36-37,45H,3,12,20-23H2,1-2,4-11H3/t24?,26-,27?,28-,30?,31?,32?,34-,36+,37+,39?,40?,41+/m0/s1. The van der Waals surface area contributed by atoms with Gasteiger partial charge in [-0.3, -0.25) is 9.59 Å². The topological polar surface area (TPSA) is 121 Å². The van der Waals surface area contributed by atoms with E-state index in [9.17, 15) is 19.5 Å². The summed E-state index contributed by atoms with van der Waals surface area (Å²) in [7, 11) is 3.67. The van der Waals surface area contributed by atoms with Crippen LogP contribution in [0.25, 0.3) is 0 Å². The van der Waals surface area contributed by atoms with Gasteiger partial charge in [0.1, 0.15) is 30.2 Å². The minimum atomic E-state index is -3.10. The lowest BCUT2D eigenvalue weighted by Gasteiger charge is -2.47. The fourth-order valence-electron chi connectivity index (χ4n) is 8.52. The number of fused-ring (bicyclic) bond motifs is 1. The van der Waals surface area contributed by atoms with Crippen molar-refractivity contribution in [2.75, 3.05) is 27.3 Å². The second-order valence-corrected chi connectivity index (χ2v) is 15.8. The molecule has 0 saturated carbocycles. The Morgan fingerprint density at radius 1 is 1.06 bits per heavy atom. The van der Waals surface area contributed by atoms with Crippen LogP contribution in [0.3, 0.4) is 0 Å². The third-order valence-corrected chi connectivity index (χ3v) is 11.4. The predicted octanol–water partition coefficient (Wildman–Crippen LogP) is 5.09. The number of Topliss-reactive ketones (excluding diaryl/α,β-unsaturated/α-hetero) is 2. The van der Waals surface area contributed by atoms with Gasteiger partial charge >= 0.3 is 5.97 Å². The molecule has 0 bridgehead atoms. The van der Waals surface area contributed by atoms with E-state index < -0.39 is 76.9 Å². The van der Waals surface area contributed by atoms with Crippen molar-refractivity contribution >= 4 is 17.5 Å². The summed E-state index contributed by atoms with van der Waals surface area (Å²) in [6, 6.07) is 8.97. The number of ketones is 2. The van der Waals surface area contributed by atoms with E-state index in [1.807, 2.05) is 56.3 Å². The molecular weight excluding hydrogens is 669 g/mol. The molecule has 0 spiro atoms. The summed E-state index contributed by atoms with van der Waals surface area (Å²) in [6.45, 7) is 17.2. The van der Waals surface area contributed by atoms with Crippen LogP contribution in [0.2, 0.25) is 0 Å². The highest BCUT2D eigenvalue weighted by Gasteiger charge is 2.58. The minimum absolute atomic E-state index is 0.0301. The minimum Gasteiger partial charge on any atom is -0.457 e. The number of alkyl halides is 1. The van der Waals surface area contributed by atoms with Crippen molar-refractivity contribution in [3.05, 3.63) is 48.0 Å². The van der Waals surface area contributed by atoms with Crippen molar-refractivity contribution < 1.29 is 47.6 Å². The quantitative estimate of drug-likeness (QED) is 0.184. The molecule has 3 heterocycles. The van der Waals surface area contributed by atoms with E-state index in [1.165, 1.54) is 6.92 Å². The van der Waals surface area contributed by atoms with Crippen LogP contribution in [-0.4, -0.2) is 108 Å². The summed E-state index contributed by atoms with van der Waals surface area (Å²) in [5.74, 6) is 0.275. The summed E-state index contributed by atoms with van der Waals surface area (Å²) in [5, 5.41) is 11.5. The number of aliphatic hydroxyl groups excluding tert-OH is 1. The van der Waals surface area contributed by atoms with Crippen LogP contribution in [0.5, 0.6) is 0 Å². The monoisotopic (exact) mass is 727 g/mol. The van der Waals surface area contributed by atoms with E-state index in [-0.39, 0.29) is 44.0 Å². The third kappa shape index (κ3) is 8.53. The Hall–Kier alpha value is -2.98. The first-order valence-corrected chi connectivity index (χ1v) is 18.4. The lowest BCUT2D eigenvalue weighted by atomic mass is 9.69. The van der Waals surface area contributed by atoms with E-state index in [4.69, 9.17) is 23.7 Å². The SMILES string of the molecule is C=C1CO[C@]2(C)C(CC)OC(=O)C(C)(F)C(=O)[C@H](C)[C@@H](O[C@H]3O[C@@H](C)CC(N(C)C)[C@@H]3O)C(C)(OCC#Cc3ccccc3)CC(C)C(=O)C(C)C12. The number of nitrogens with zero attached hydrogens (tertiary/aromatic N) is 1. The molecule has 3 fully saturated rings. The van der Waals surface area contributed by atoms with E-state index >= 15 is 4.39 Å². The van der Waals surface area contributed by atoms with Gasteiger partial charge in [0, 0.05) is 35.3 Å². The van der Waals surface area contributed by atoms with E-state index in [0.29, 0.717) is 12.0 Å². The lowest BCUT2D eigenvalue weighted by molar-refractivity contribution is -0.296. The third-order valence-electron chi connectivity index (χ3n) is 11.4. The summed E-state index contributed by atoms with van der Waals surface area (Å²) < 4.78 is 48.1. The molecule has 1 aromatic carbocycles. The molecule has 7 unspecified atom stereocenters. The average molecular weight is 728 g/mol. The number of carbonyl (C=O) groups is 3. The number of carbonyl (C=O) groups excluding carboxylic acids is 3. The van der Waals surface area contributed by atoms with E-state index in [0.717, 1.165) is 12.5 Å². The van der Waals surface area contributed by atoms with Crippen LogP contribution in [-0.2, 0) is 38.1 Å². The summed E-state index contributed by atoms with van der Waals surface area (Å²) in [4.78, 5) is 44.4. The van der Waals surface area contributed by atoms with Crippen molar-refractivity contribution in [1.82, 2.24) is 4.90 Å². The maximum atomic E-state index is 16.8. The Balaban J connectivity index is 1.85. The van der Waals surface area contributed by atoms with Crippen LogP contribution in [0, 0.1) is 35.5 Å². The Kier molecular flexibility index (Phi) is 13.3. The number of halogens is 1. The Morgan fingerprint density at radius 3 is 2.33 bits per heavy atom. The molecule has 3 aliphatic heterocycles. The zero-order valence-electron chi connectivity index (χ0n) is 32.4. The molecule has 13 atom stereocenters. The number of esters is 1. The van der Waals surface area contributed by atoms with E-state index in [2.05, 4.69) is 18.4 Å². The van der Waals surface area contributed by atoms with Crippen LogP contribution in [0.15, 0.2) is 42.5 Å². The number of likely N-dealkylation sites (N-methyl/N-ethyl adjacent to an activating group) is 1. The van der Waals surface area contributed by atoms with Crippen molar-refractivity contribution in [2.45, 2.75) is 128 Å². The number of aliphatic hydroxyl groups is 1. The zero-order chi connectivity index (χ0) is 38.8. The molecule has 11 heteroatoms. The highest BCUT2D eigenvalue weighted by molar-refractivity contribution is 6.07. The molecule has 10 nitrogen and oxygen atoms in total. The van der Waals surface area contributed by atoms with Crippen molar-refractivity contribution in [3.8, 4) is 11.8 Å². The van der Waals surface area contributed by atoms with Crippen molar-refractivity contribution in [1.29, 1.82) is 0 Å². The van der Waals surface area contributed by atoms with Crippen LogP contribution in [0.4, 0.5) is 4.39 Å². The Morgan fingerprint density at radius 2 is 1.71 bits per heavy atom. The zero-order valence-corrected chi connectivity index (χ0v) is 32.4. The first-order chi connectivity index (χ1) is 24.3. The van der Waals surface area contributed by atoms with Crippen molar-refractivity contribution in [3.63, 3.8) is 0 Å². The molecule has 3 aliphatic rings. The van der Waals surface area contributed by atoms with Crippen molar-refractivity contribution in [2.24, 2.45) is 23.7 Å². The van der Waals surface area contributed by atoms with Gasteiger partial charge in [0.2, 0.25) is 0 Å². The van der Waals surface area contributed by atoms with Crippen LogP contribution in [0.1, 0.15) is 80.2 Å². The van der Waals surface area contributed by atoms with Gasteiger partial charge in [-0.25, -0.2) is 9.18 Å². The summed E-state index contributed by atoms with van der Waals surface area (Å²) in [6.07, 6.45) is -4.24. The molecule has 4 rings (SSSR count). The molecule has 1 aromatic rings. The van der Waals surface area contributed by atoms with E-state index in [1.54, 1.807) is 34.6 Å². The lowest BCUT2D eigenvalue weighted by Crippen LogP contribution is -2.61. The maximum absolute atomic E-state index is 16.8. The predicted molar refractivity (Wildman–Crippen MR) is 194 cm³/mol. The first-order valence-electron chi connectivity index (χ1n) is 18.4. The van der Waals surface area contributed by atoms with Gasteiger partial charge in [-0.05, 0) is 78.8 Å². The highest BCUT2D eigenvalue weighted by Crippen LogP contribution is 2.47. The smallest absolute Gasteiger partial charge is 0.351 e. The number of benzene rings is 1. The molecule has 0 aliphatic carbocycles. The average Bonchev–Trinajstić information content (AvgIpc) is 3.41. The van der Waals surface area contributed by atoms with Crippen LogP contribution < -0.4 is 0 Å². The molecule has 52 heavy (non-hydrogen) atoms. The van der Waals surface area contributed by atoms with Gasteiger partial charge in [0.15, 0.2) is 12.1 Å². The van der Waals surface area contributed by atoms with Gasteiger partial charge in [-0.1, -0.05) is 64.3 Å². The largest absolute Gasteiger partial charge is 0.457 e. The molecule has 0 amide bonds. The Labute approximate surface area is 308 Å². The molecular formula is C41H58FNO9. The fraction of sp³-hybridized carbons (Fsp3) is 0.683. The number of rotatable bonds is 6. The molecule has 0 aromatic heterocycles. The number of cyclic esters (lactones) is 1. The number of ether oxygens (including phenoxy) is 5. The maximum Gasteiger partial charge on any atom is 0.351 e. The Bertz CT molecular complexity index is 1520. The van der Waals surface area contributed by atoms with Gasteiger partial charge in [-0.15, -0.1) is 0 Å². The molecule has 1 N–H and O–H groups in total. The normalized spacial score (nSPS) is 40.8. The molecule has 3 saturated heterocycles. The van der Waals surface area contributed by atoms with Gasteiger partial charge < -0.3 is 33.7 Å². The second kappa shape index (κ2) is 16.6.